The monoisotopic (exact) mass is 364 g/mol. The number of nitroso groups, excluding NO2 is 1. The van der Waals surface area contributed by atoms with E-state index in [4.69, 9.17) is 5.73 Å². The molecule has 6 heteroatoms. The quantitative estimate of drug-likeness (QED) is 0.478. The fraction of sp³-hybridized carbons (Fsp3) is 0.333. The molecular formula is C21H24N4O2. The average molecular weight is 364 g/mol. The minimum Gasteiger partial charge on any atom is -0.398 e. The molecule has 0 radical (unpaired) electrons. The van der Waals surface area contributed by atoms with Gasteiger partial charge in [0, 0.05) is 30.7 Å². The summed E-state index contributed by atoms with van der Waals surface area (Å²) in [6.07, 6.45) is 2.66. The SMILES string of the molecule is C=NCCC1(c2ccccc2)CCN(C(=O)c2ccc(N=O)cc2N)CC1. The summed E-state index contributed by atoms with van der Waals surface area (Å²) in [7, 11) is 0. The first-order valence-corrected chi connectivity index (χ1v) is 9.10. The summed E-state index contributed by atoms with van der Waals surface area (Å²) in [6.45, 7) is 5.62. The number of aliphatic imine (C=N–C) groups is 1. The smallest absolute Gasteiger partial charge is 0.255 e. The highest BCUT2D eigenvalue weighted by molar-refractivity contribution is 5.99. The number of amides is 1. The van der Waals surface area contributed by atoms with E-state index in [0.29, 0.717) is 25.2 Å². The number of likely N-dealkylation sites (tertiary alicyclic amines) is 1. The molecule has 0 bridgehead atoms. The van der Waals surface area contributed by atoms with Crippen molar-refractivity contribution in [3.05, 3.63) is 64.6 Å². The van der Waals surface area contributed by atoms with E-state index >= 15 is 0 Å². The molecule has 1 heterocycles. The van der Waals surface area contributed by atoms with Gasteiger partial charge in [-0.05, 0) is 54.9 Å². The summed E-state index contributed by atoms with van der Waals surface area (Å²) in [5.74, 6) is -0.103. The van der Waals surface area contributed by atoms with Gasteiger partial charge in [-0.25, -0.2) is 0 Å². The van der Waals surface area contributed by atoms with Crippen LogP contribution in [0.2, 0.25) is 0 Å². The van der Waals surface area contributed by atoms with Crippen LogP contribution in [0.5, 0.6) is 0 Å². The van der Waals surface area contributed by atoms with Crippen LogP contribution in [0.3, 0.4) is 0 Å². The molecule has 1 fully saturated rings. The summed E-state index contributed by atoms with van der Waals surface area (Å²) in [4.78, 5) is 29.4. The molecule has 2 aromatic rings. The second-order valence-electron chi connectivity index (χ2n) is 7.00. The number of nitrogens with zero attached hydrogens (tertiary/aromatic N) is 3. The number of carbonyl (C=O) groups is 1. The maximum absolute atomic E-state index is 12.9. The molecule has 27 heavy (non-hydrogen) atoms. The Bertz CT molecular complexity index is 827. The maximum Gasteiger partial charge on any atom is 0.255 e. The van der Waals surface area contributed by atoms with Crippen LogP contribution in [0, 0.1) is 4.91 Å². The van der Waals surface area contributed by atoms with Crippen LogP contribution in [0.4, 0.5) is 11.4 Å². The second kappa shape index (κ2) is 8.12. The molecule has 0 aliphatic carbocycles. The standard InChI is InChI=1S/C21H24N4O2/c1-23-12-9-21(16-5-3-2-4-6-16)10-13-25(14-11-21)20(26)18-8-7-17(24-27)15-19(18)22/h2-8,15H,1,9-14,22H2. The van der Waals surface area contributed by atoms with Crippen LogP contribution in [0.1, 0.15) is 35.2 Å². The van der Waals surface area contributed by atoms with Gasteiger partial charge >= 0.3 is 0 Å². The van der Waals surface area contributed by atoms with Crippen LogP contribution in [0.25, 0.3) is 0 Å². The normalized spacial score (nSPS) is 15.9. The van der Waals surface area contributed by atoms with Crippen LogP contribution < -0.4 is 5.73 Å². The number of rotatable bonds is 6. The van der Waals surface area contributed by atoms with E-state index in [-0.39, 0.29) is 22.7 Å². The summed E-state index contributed by atoms with van der Waals surface area (Å²) in [6, 6.07) is 15.0. The lowest BCUT2D eigenvalue weighted by Gasteiger charge is -2.42. The van der Waals surface area contributed by atoms with Gasteiger partial charge in [0.1, 0.15) is 5.69 Å². The average Bonchev–Trinajstić information content (AvgIpc) is 2.72. The highest BCUT2D eigenvalue weighted by atomic mass is 16.3. The summed E-state index contributed by atoms with van der Waals surface area (Å²) < 4.78 is 0. The molecule has 1 amide bonds. The van der Waals surface area contributed by atoms with Crippen molar-refractivity contribution in [1.82, 2.24) is 4.90 Å². The molecule has 2 aromatic carbocycles. The predicted octanol–water partition coefficient (Wildman–Crippen LogP) is 3.93. The van der Waals surface area contributed by atoms with Crippen LogP contribution >= 0.6 is 0 Å². The predicted molar refractivity (Wildman–Crippen MR) is 109 cm³/mol. The molecule has 0 unspecified atom stereocenters. The molecule has 1 aliphatic rings. The minimum atomic E-state index is -0.103. The lowest BCUT2D eigenvalue weighted by Crippen LogP contribution is -2.45. The van der Waals surface area contributed by atoms with Crippen molar-refractivity contribution in [2.75, 3.05) is 25.4 Å². The van der Waals surface area contributed by atoms with E-state index < -0.39 is 0 Å². The molecule has 0 spiro atoms. The Morgan fingerprint density at radius 3 is 2.44 bits per heavy atom. The fourth-order valence-corrected chi connectivity index (χ4v) is 3.88. The number of hydrogen-bond acceptors (Lipinski definition) is 5. The summed E-state index contributed by atoms with van der Waals surface area (Å²) in [5.41, 5.74) is 8.18. The van der Waals surface area contributed by atoms with E-state index in [1.54, 1.807) is 6.07 Å². The van der Waals surface area contributed by atoms with Gasteiger partial charge in [0.05, 0.1) is 5.56 Å². The Balaban J connectivity index is 1.77. The number of benzene rings is 2. The Hall–Kier alpha value is -3.02. The van der Waals surface area contributed by atoms with E-state index in [9.17, 15) is 9.70 Å². The number of nitrogens with two attached hydrogens (primary N) is 1. The van der Waals surface area contributed by atoms with Gasteiger partial charge in [0.15, 0.2) is 0 Å². The van der Waals surface area contributed by atoms with E-state index in [1.165, 1.54) is 17.7 Å². The van der Waals surface area contributed by atoms with Gasteiger partial charge in [0.2, 0.25) is 0 Å². The topological polar surface area (TPSA) is 88.1 Å². The minimum absolute atomic E-state index is 0.00999. The Kier molecular flexibility index (Phi) is 5.64. The zero-order chi connectivity index (χ0) is 19.3. The van der Waals surface area contributed by atoms with Crippen molar-refractivity contribution >= 4 is 24.0 Å². The third kappa shape index (κ3) is 3.89. The van der Waals surface area contributed by atoms with Gasteiger partial charge in [-0.3, -0.25) is 4.79 Å². The lowest BCUT2D eigenvalue weighted by atomic mass is 9.70. The zero-order valence-electron chi connectivity index (χ0n) is 15.3. The summed E-state index contributed by atoms with van der Waals surface area (Å²) in [5, 5.41) is 2.86. The van der Waals surface area contributed by atoms with E-state index in [1.807, 2.05) is 11.0 Å². The maximum atomic E-state index is 12.9. The molecule has 3 rings (SSSR count). The van der Waals surface area contributed by atoms with Gasteiger partial charge < -0.3 is 15.6 Å². The number of carbonyl (C=O) groups excluding carboxylic acids is 1. The van der Waals surface area contributed by atoms with Crippen LogP contribution in [-0.4, -0.2) is 37.2 Å². The molecule has 1 aliphatic heterocycles. The first-order chi connectivity index (χ1) is 13.1. The third-order valence-electron chi connectivity index (χ3n) is 5.51. The largest absolute Gasteiger partial charge is 0.398 e. The van der Waals surface area contributed by atoms with Crippen LogP contribution in [0.15, 0.2) is 58.7 Å². The van der Waals surface area contributed by atoms with Crippen molar-refractivity contribution in [2.24, 2.45) is 10.2 Å². The molecule has 0 aromatic heterocycles. The molecule has 6 nitrogen and oxygen atoms in total. The molecular weight excluding hydrogens is 340 g/mol. The van der Waals surface area contributed by atoms with Crippen molar-refractivity contribution in [1.29, 1.82) is 0 Å². The Morgan fingerprint density at radius 2 is 1.85 bits per heavy atom. The highest BCUT2D eigenvalue weighted by Gasteiger charge is 2.37. The van der Waals surface area contributed by atoms with Gasteiger partial charge in [0.25, 0.3) is 5.91 Å². The number of hydrogen-bond donors (Lipinski definition) is 1. The number of anilines is 1. The number of piperidine rings is 1. The van der Waals surface area contributed by atoms with Gasteiger partial charge in [-0.2, -0.15) is 0 Å². The molecule has 140 valence electrons. The van der Waals surface area contributed by atoms with Crippen molar-refractivity contribution < 1.29 is 4.79 Å². The van der Waals surface area contributed by atoms with Gasteiger partial charge in [-0.15, -0.1) is 4.91 Å². The zero-order valence-corrected chi connectivity index (χ0v) is 15.3. The second-order valence-corrected chi connectivity index (χ2v) is 7.00. The Morgan fingerprint density at radius 1 is 1.15 bits per heavy atom. The number of nitrogen functional groups attached to an aromatic ring is 1. The van der Waals surface area contributed by atoms with Crippen molar-refractivity contribution in [3.8, 4) is 0 Å². The highest BCUT2D eigenvalue weighted by Crippen LogP contribution is 2.39. The van der Waals surface area contributed by atoms with Gasteiger partial charge in [-0.1, -0.05) is 30.3 Å². The third-order valence-corrected chi connectivity index (χ3v) is 5.51. The fourth-order valence-electron chi connectivity index (χ4n) is 3.88. The van der Waals surface area contributed by atoms with E-state index in [2.05, 4.69) is 41.2 Å². The molecule has 2 N–H and O–H groups in total. The first kappa shape index (κ1) is 18.8. The van der Waals surface area contributed by atoms with Crippen molar-refractivity contribution in [2.45, 2.75) is 24.7 Å². The van der Waals surface area contributed by atoms with E-state index in [0.717, 1.165) is 19.3 Å². The lowest BCUT2D eigenvalue weighted by molar-refractivity contribution is 0.0662. The summed E-state index contributed by atoms with van der Waals surface area (Å²) >= 11 is 0. The first-order valence-electron chi connectivity index (χ1n) is 9.10. The molecule has 1 saturated heterocycles. The van der Waals surface area contributed by atoms with Crippen LogP contribution in [-0.2, 0) is 5.41 Å². The molecule has 0 saturated carbocycles. The van der Waals surface area contributed by atoms with Crippen molar-refractivity contribution in [3.63, 3.8) is 0 Å². The Labute approximate surface area is 159 Å². The molecule has 0 atom stereocenters.